The third-order valence-electron chi connectivity index (χ3n) is 4.12. The Morgan fingerprint density at radius 3 is 2.66 bits per heavy atom. The van der Waals surface area contributed by atoms with Crippen molar-refractivity contribution in [3.8, 4) is 11.3 Å². The first kappa shape index (κ1) is 20.1. The standard InChI is InChI=1S/C20H20F2N6O/c1-20(2,3)18(25)26-15(24)7-6-14(23)17-16(27-19-28(17)8-9-29-19)12-10-11(21)4-5-13(12)22/h4-10,23H,1-3H3,(H3,24,25,26)/b7-6-,23-14?. The molecule has 0 aliphatic heterocycles. The number of halogens is 2. The summed E-state index contributed by atoms with van der Waals surface area (Å²) in [5, 5.41) is 16.3. The zero-order valence-corrected chi connectivity index (χ0v) is 16.1. The number of allylic oxidation sites excluding steroid dienone is 1. The molecule has 7 nitrogen and oxygen atoms in total. The van der Waals surface area contributed by atoms with Gasteiger partial charge >= 0.3 is 5.84 Å². The predicted octanol–water partition coefficient (Wildman–Crippen LogP) is 4.18. The first-order valence-electron chi connectivity index (χ1n) is 8.69. The third-order valence-corrected chi connectivity index (χ3v) is 4.12. The van der Waals surface area contributed by atoms with Crippen molar-refractivity contribution in [2.75, 3.05) is 0 Å². The molecule has 2 aromatic heterocycles. The molecule has 0 saturated heterocycles. The number of nitrogens with zero attached hydrogens (tertiary/aromatic N) is 3. The number of amidine groups is 2. The van der Waals surface area contributed by atoms with Gasteiger partial charge in [-0.25, -0.2) is 13.8 Å². The maximum atomic E-state index is 14.3. The van der Waals surface area contributed by atoms with Gasteiger partial charge < -0.3 is 10.2 Å². The molecule has 0 unspecified atom stereocenters. The van der Waals surface area contributed by atoms with Crippen molar-refractivity contribution in [2.45, 2.75) is 20.8 Å². The second kappa shape index (κ2) is 7.42. The van der Waals surface area contributed by atoms with E-state index in [0.29, 0.717) is 0 Å². The molecule has 29 heavy (non-hydrogen) atoms. The van der Waals surface area contributed by atoms with Gasteiger partial charge in [-0.05, 0) is 30.4 Å². The molecule has 0 spiro atoms. The first-order chi connectivity index (χ1) is 13.6. The number of fused-ring (bicyclic) bond motifs is 1. The van der Waals surface area contributed by atoms with Gasteiger partial charge in [0.15, 0.2) is 0 Å². The zero-order chi connectivity index (χ0) is 21.3. The van der Waals surface area contributed by atoms with Crippen LogP contribution in [0.5, 0.6) is 0 Å². The number of aliphatic imine (C=N–C) groups is 1. The van der Waals surface area contributed by atoms with Gasteiger partial charge in [0.1, 0.15) is 41.0 Å². The van der Waals surface area contributed by atoms with Crippen molar-refractivity contribution in [1.82, 2.24) is 9.38 Å². The lowest BCUT2D eigenvalue weighted by Crippen LogP contribution is -2.29. The fraction of sp³-hybridized carbons (Fsp3) is 0.200. The third kappa shape index (κ3) is 4.13. The Bertz CT molecular complexity index is 1160. The number of rotatable bonds is 4. The molecular formula is C20H20F2N6O. The van der Waals surface area contributed by atoms with Crippen LogP contribution in [0.25, 0.3) is 17.1 Å². The highest BCUT2D eigenvalue weighted by Crippen LogP contribution is 2.28. The van der Waals surface area contributed by atoms with Gasteiger partial charge in [-0.1, -0.05) is 20.8 Å². The summed E-state index contributed by atoms with van der Waals surface area (Å²) in [5.41, 5.74) is 5.52. The molecule has 0 radical (unpaired) electrons. The lowest BCUT2D eigenvalue weighted by Gasteiger charge is -2.16. The number of nitrogens with one attached hydrogen (secondary N) is 2. The summed E-state index contributed by atoms with van der Waals surface area (Å²) in [6.45, 7) is 5.60. The van der Waals surface area contributed by atoms with E-state index in [0.717, 1.165) is 18.2 Å². The SMILES string of the molecule is CC(C)(C)C(N)=NC(=N)/C=C\C(=N)c1c(-c2cc(F)ccc2F)nc2occn12. The minimum absolute atomic E-state index is 0.0558. The quantitative estimate of drug-likeness (QED) is 0.452. The summed E-state index contributed by atoms with van der Waals surface area (Å²) in [7, 11) is 0. The van der Waals surface area contributed by atoms with Crippen molar-refractivity contribution >= 4 is 23.2 Å². The Balaban J connectivity index is 2.01. The van der Waals surface area contributed by atoms with Crippen LogP contribution in [0.1, 0.15) is 26.5 Å². The van der Waals surface area contributed by atoms with E-state index in [1.807, 2.05) is 20.8 Å². The topological polar surface area (TPSA) is 117 Å². The minimum Gasteiger partial charge on any atom is -0.432 e. The molecule has 0 bridgehead atoms. The van der Waals surface area contributed by atoms with E-state index in [4.69, 9.17) is 21.0 Å². The summed E-state index contributed by atoms with van der Waals surface area (Å²) in [5.74, 6) is -1.05. The highest BCUT2D eigenvalue weighted by atomic mass is 19.1. The van der Waals surface area contributed by atoms with Crippen LogP contribution in [-0.4, -0.2) is 26.8 Å². The molecule has 0 atom stereocenters. The average Bonchev–Trinajstić information content (AvgIpc) is 3.21. The summed E-state index contributed by atoms with van der Waals surface area (Å²) in [6, 6.07) is 3.01. The summed E-state index contributed by atoms with van der Waals surface area (Å²) < 4.78 is 34.7. The van der Waals surface area contributed by atoms with Crippen LogP contribution < -0.4 is 5.73 Å². The lowest BCUT2D eigenvalue weighted by atomic mass is 9.95. The highest BCUT2D eigenvalue weighted by Gasteiger charge is 2.21. The molecule has 0 fully saturated rings. The Labute approximate surface area is 165 Å². The van der Waals surface area contributed by atoms with Crippen LogP contribution in [0, 0.1) is 27.9 Å². The van der Waals surface area contributed by atoms with E-state index in [1.54, 1.807) is 0 Å². The van der Waals surface area contributed by atoms with Gasteiger partial charge in [0.05, 0.1) is 5.71 Å². The van der Waals surface area contributed by atoms with E-state index in [1.165, 1.54) is 29.0 Å². The van der Waals surface area contributed by atoms with Crippen LogP contribution >= 0.6 is 0 Å². The summed E-state index contributed by atoms with van der Waals surface area (Å²) >= 11 is 0. The number of nitrogens with two attached hydrogens (primary N) is 1. The summed E-state index contributed by atoms with van der Waals surface area (Å²) in [6.07, 6.45) is 5.50. The van der Waals surface area contributed by atoms with Gasteiger partial charge in [0.25, 0.3) is 0 Å². The molecule has 2 heterocycles. The average molecular weight is 398 g/mol. The van der Waals surface area contributed by atoms with Crippen molar-refractivity contribution in [3.63, 3.8) is 0 Å². The maximum Gasteiger partial charge on any atom is 0.306 e. The van der Waals surface area contributed by atoms with E-state index in [-0.39, 0.29) is 40.2 Å². The van der Waals surface area contributed by atoms with E-state index >= 15 is 0 Å². The number of oxazole rings is 1. The molecule has 0 aliphatic rings. The lowest BCUT2D eigenvalue weighted by molar-refractivity contribution is 0.585. The van der Waals surface area contributed by atoms with E-state index in [2.05, 4.69) is 9.98 Å². The molecule has 9 heteroatoms. The maximum absolute atomic E-state index is 14.3. The van der Waals surface area contributed by atoms with Gasteiger partial charge in [0, 0.05) is 17.2 Å². The van der Waals surface area contributed by atoms with Gasteiger partial charge in [0.2, 0.25) is 0 Å². The largest absolute Gasteiger partial charge is 0.432 e. The van der Waals surface area contributed by atoms with Crippen molar-refractivity contribution < 1.29 is 13.2 Å². The monoisotopic (exact) mass is 398 g/mol. The Morgan fingerprint density at radius 2 is 1.97 bits per heavy atom. The van der Waals surface area contributed by atoms with Crippen molar-refractivity contribution in [1.29, 1.82) is 10.8 Å². The fourth-order valence-corrected chi connectivity index (χ4v) is 2.49. The molecule has 3 rings (SSSR count). The number of hydrogen-bond donors (Lipinski definition) is 3. The van der Waals surface area contributed by atoms with Crippen LogP contribution in [0.2, 0.25) is 0 Å². The number of aromatic nitrogens is 2. The number of imidazole rings is 1. The Morgan fingerprint density at radius 1 is 1.24 bits per heavy atom. The normalized spacial score (nSPS) is 12.8. The van der Waals surface area contributed by atoms with E-state index < -0.39 is 17.0 Å². The van der Waals surface area contributed by atoms with Crippen LogP contribution in [-0.2, 0) is 0 Å². The van der Waals surface area contributed by atoms with Crippen molar-refractivity contribution in [3.05, 3.63) is 60.1 Å². The first-order valence-corrected chi connectivity index (χ1v) is 8.69. The van der Waals surface area contributed by atoms with E-state index in [9.17, 15) is 8.78 Å². The molecule has 0 aliphatic carbocycles. The molecule has 0 saturated carbocycles. The van der Waals surface area contributed by atoms with Gasteiger partial charge in [-0.3, -0.25) is 15.2 Å². The zero-order valence-electron chi connectivity index (χ0n) is 16.1. The highest BCUT2D eigenvalue weighted by molar-refractivity contribution is 6.13. The van der Waals surface area contributed by atoms with Crippen molar-refractivity contribution in [2.24, 2.45) is 16.1 Å². The molecule has 0 amide bonds. The van der Waals surface area contributed by atoms with Crippen LogP contribution in [0.4, 0.5) is 8.78 Å². The number of hydrogen-bond acceptors (Lipinski definition) is 4. The second-order valence-corrected chi connectivity index (χ2v) is 7.37. The number of benzene rings is 1. The molecule has 3 aromatic rings. The predicted molar refractivity (Wildman–Crippen MR) is 108 cm³/mol. The smallest absolute Gasteiger partial charge is 0.306 e. The van der Waals surface area contributed by atoms with Crippen LogP contribution in [0.15, 0.2) is 52.2 Å². The molecule has 4 N–H and O–H groups in total. The second-order valence-electron chi connectivity index (χ2n) is 7.37. The Hall–Kier alpha value is -3.62. The van der Waals surface area contributed by atoms with Crippen LogP contribution in [0.3, 0.4) is 0 Å². The molecule has 1 aromatic carbocycles. The van der Waals surface area contributed by atoms with Gasteiger partial charge in [-0.2, -0.15) is 4.98 Å². The summed E-state index contributed by atoms with van der Waals surface area (Å²) in [4.78, 5) is 8.19. The molecular weight excluding hydrogens is 378 g/mol. The fourth-order valence-electron chi connectivity index (χ4n) is 2.49. The van der Waals surface area contributed by atoms with Gasteiger partial charge in [-0.15, -0.1) is 0 Å². The minimum atomic E-state index is -0.680. The Kier molecular flexibility index (Phi) is 5.15. The molecule has 150 valence electrons.